The highest BCUT2D eigenvalue weighted by molar-refractivity contribution is 5.91. The number of hydrogen-bond donors (Lipinski definition) is 0. The molecule has 0 radical (unpaired) electrons. The average Bonchev–Trinajstić information content (AvgIpc) is 3.20. The second kappa shape index (κ2) is 7.67. The van der Waals surface area contributed by atoms with Crippen molar-refractivity contribution in [3.8, 4) is 0 Å². The molecule has 1 aliphatic carbocycles. The van der Waals surface area contributed by atoms with Gasteiger partial charge in [0.1, 0.15) is 0 Å². The summed E-state index contributed by atoms with van der Waals surface area (Å²) < 4.78 is 16.7. The highest BCUT2D eigenvalue weighted by Gasteiger charge is 2.61. The van der Waals surface area contributed by atoms with E-state index in [-0.39, 0.29) is 37.3 Å². The molecule has 170 valence electrons. The van der Waals surface area contributed by atoms with Gasteiger partial charge in [0.05, 0.1) is 5.41 Å². The van der Waals surface area contributed by atoms with Crippen molar-refractivity contribution < 1.29 is 14.0 Å². The van der Waals surface area contributed by atoms with Crippen LogP contribution in [0.5, 0.6) is 0 Å². The van der Waals surface area contributed by atoms with E-state index in [1.165, 1.54) is 0 Å². The number of likely N-dealkylation sites (tertiary alicyclic amines) is 2. The van der Waals surface area contributed by atoms with Gasteiger partial charge < -0.3 is 9.80 Å². The van der Waals surface area contributed by atoms with Crippen LogP contribution in [-0.2, 0) is 16.1 Å². The molecule has 4 heterocycles. The number of hydrogen-bond acceptors (Lipinski definition) is 4. The van der Waals surface area contributed by atoms with Crippen LogP contribution in [0.2, 0.25) is 0 Å². The molecule has 8 heteroatoms. The lowest BCUT2D eigenvalue weighted by molar-refractivity contribution is -0.148. The number of nitrogens with zero attached hydrogens (tertiary/aromatic N) is 5. The van der Waals surface area contributed by atoms with Gasteiger partial charge in [-0.05, 0) is 57.2 Å². The van der Waals surface area contributed by atoms with Crippen molar-refractivity contribution >= 4 is 11.8 Å². The maximum Gasteiger partial charge on any atom is 0.260 e. The molecule has 0 aromatic carbocycles. The van der Waals surface area contributed by atoms with Gasteiger partial charge in [0, 0.05) is 62.4 Å². The van der Waals surface area contributed by atoms with Crippen molar-refractivity contribution in [3.05, 3.63) is 48.0 Å². The Labute approximate surface area is 187 Å². The first-order valence-electron chi connectivity index (χ1n) is 11.5. The van der Waals surface area contributed by atoms with Crippen molar-refractivity contribution in [2.45, 2.75) is 63.7 Å². The van der Waals surface area contributed by atoms with Crippen LogP contribution in [0.25, 0.3) is 0 Å². The third-order valence-corrected chi connectivity index (χ3v) is 7.31. The Hall–Kier alpha value is -2.77. The van der Waals surface area contributed by atoms with Gasteiger partial charge in [-0.3, -0.25) is 19.3 Å². The van der Waals surface area contributed by atoms with E-state index < -0.39 is 17.0 Å². The van der Waals surface area contributed by atoms with Crippen molar-refractivity contribution in [1.82, 2.24) is 24.6 Å². The van der Waals surface area contributed by atoms with E-state index in [1.54, 1.807) is 23.5 Å². The van der Waals surface area contributed by atoms with E-state index in [9.17, 15) is 14.0 Å². The van der Waals surface area contributed by atoms with Crippen LogP contribution in [0.1, 0.15) is 62.7 Å². The van der Waals surface area contributed by atoms with Crippen LogP contribution in [0.15, 0.2) is 36.8 Å². The fourth-order valence-electron chi connectivity index (χ4n) is 5.52. The first-order valence-corrected chi connectivity index (χ1v) is 11.5. The molecule has 3 fully saturated rings. The fraction of sp³-hybridized carbons (Fsp3) is 0.583. The molecule has 2 saturated heterocycles. The Balaban J connectivity index is 1.51. The number of carbonyl (C=O) groups is 2. The minimum atomic E-state index is -1.73. The number of piperidine rings is 1. The summed E-state index contributed by atoms with van der Waals surface area (Å²) in [6.07, 6.45) is 7.36. The van der Waals surface area contributed by atoms with Crippen LogP contribution >= 0.6 is 0 Å². The Kier molecular flexibility index (Phi) is 5.06. The summed E-state index contributed by atoms with van der Waals surface area (Å²) in [7, 11) is 0. The predicted octanol–water partition coefficient (Wildman–Crippen LogP) is 3.10. The molecule has 0 bridgehead atoms. The molecular formula is C24H30FN5O2. The molecule has 2 unspecified atom stereocenters. The van der Waals surface area contributed by atoms with E-state index in [2.05, 4.69) is 23.9 Å². The molecule has 2 aromatic heterocycles. The molecule has 1 spiro atoms. The Morgan fingerprint density at radius 2 is 2.06 bits per heavy atom. The molecule has 2 amide bonds. The Morgan fingerprint density at radius 1 is 1.25 bits per heavy atom. The highest BCUT2D eigenvalue weighted by atomic mass is 19.1. The lowest BCUT2D eigenvalue weighted by atomic mass is 9.70. The summed E-state index contributed by atoms with van der Waals surface area (Å²) in [5.74, 6) is -0.608. The monoisotopic (exact) mass is 439 g/mol. The van der Waals surface area contributed by atoms with Crippen LogP contribution in [0.4, 0.5) is 4.39 Å². The summed E-state index contributed by atoms with van der Waals surface area (Å²) in [5.41, 5.74) is -0.556. The number of pyridine rings is 1. The van der Waals surface area contributed by atoms with Gasteiger partial charge in [0.15, 0.2) is 5.67 Å². The standard InChI is InChI=1S/C24H30FN5O2/c1-17(2)30-20(6-11-27-30)19-15-29(22(32)24(25)8-9-24)16-23(19)7-4-12-28(21(23)31)14-18-5-3-10-26-13-18/h3,5-6,10-11,13,17,19H,4,7-9,12,14-16H2,1-2H3. The van der Waals surface area contributed by atoms with Gasteiger partial charge in [0.25, 0.3) is 5.91 Å². The molecule has 2 atom stereocenters. The van der Waals surface area contributed by atoms with E-state index in [0.29, 0.717) is 26.1 Å². The van der Waals surface area contributed by atoms with Gasteiger partial charge in [0.2, 0.25) is 5.91 Å². The topological polar surface area (TPSA) is 71.3 Å². The summed E-state index contributed by atoms with van der Waals surface area (Å²) in [6, 6.07) is 5.92. The van der Waals surface area contributed by atoms with Crippen LogP contribution < -0.4 is 0 Å². The van der Waals surface area contributed by atoms with E-state index in [4.69, 9.17) is 0 Å². The van der Waals surface area contributed by atoms with E-state index in [0.717, 1.165) is 17.7 Å². The van der Waals surface area contributed by atoms with Crippen LogP contribution in [0, 0.1) is 5.41 Å². The number of carbonyl (C=O) groups excluding carboxylic acids is 2. The molecule has 2 aromatic rings. The predicted molar refractivity (Wildman–Crippen MR) is 116 cm³/mol. The maximum atomic E-state index is 14.7. The van der Waals surface area contributed by atoms with E-state index >= 15 is 0 Å². The Bertz CT molecular complexity index is 1020. The smallest absolute Gasteiger partial charge is 0.260 e. The number of halogens is 1. The summed E-state index contributed by atoms with van der Waals surface area (Å²) in [5, 5.41) is 4.49. The molecule has 7 nitrogen and oxygen atoms in total. The number of aromatic nitrogens is 3. The SMILES string of the molecule is CC(C)n1nccc1C1CN(C(=O)C2(F)CC2)CC12CCCN(Cc1cccnc1)C2=O. The van der Waals surface area contributed by atoms with Gasteiger partial charge in [-0.15, -0.1) is 0 Å². The number of amides is 2. The molecule has 32 heavy (non-hydrogen) atoms. The maximum absolute atomic E-state index is 14.7. The Morgan fingerprint density at radius 3 is 2.75 bits per heavy atom. The van der Waals surface area contributed by atoms with Crippen LogP contribution in [-0.4, -0.2) is 61.7 Å². The zero-order valence-corrected chi connectivity index (χ0v) is 18.7. The molecule has 0 N–H and O–H groups in total. The molecule has 2 aliphatic heterocycles. The van der Waals surface area contributed by atoms with Crippen molar-refractivity contribution in [2.75, 3.05) is 19.6 Å². The largest absolute Gasteiger partial charge is 0.338 e. The molecular weight excluding hydrogens is 409 g/mol. The van der Waals surface area contributed by atoms with Gasteiger partial charge in [-0.2, -0.15) is 5.10 Å². The summed E-state index contributed by atoms with van der Waals surface area (Å²) in [6.45, 7) is 5.90. The average molecular weight is 440 g/mol. The summed E-state index contributed by atoms with van der Waals surface area (Å²) >= 11 is 0. The lowest BCUT2D eigenvalue weighted by Crippen LogP contribution is -2.52. The third-order valence-electron chi connectivity index (χ3n) is 7.31. The normalized spacial score (nSPS) is 26.9. The van der Waals surface area contributed by atoms with Gasteiger partial charge in [-0.25, -0.2) is 4.39 Å². The van der Waals surface area contributed by atoms with Crippen LogP contribution in [0.3, 0.4) is 0 Å². The lowest BCUT2D eigenvalue weighted by Gasteiger charge is -2.42. The van der Waals surface area contributed by atoms with Gasteiger partial charge in [-0.1, -0.05) is 6.07 Å². The third kappa shape index (κ3) is 3.40. The molecule has 5 rings (SSSR count). The zero-order valence-electron chi connectivity index (χ0n) is 18.7. The second-order valence-electron chi connectivity index (χ2n) is 9.85. The zero-order chi connectivity index (χ0) is 22.5. The highest BCUT2D eigenvalue weighted by Crippen LogP contribution is 2.52. The minimum Gasteiger partial charge on any atom is -0.338 e. The van der Waals surface area contributed by atoms with Crippen molar-refractivity contribution in [3.63, 3.8) is 0 Å². The second-order valence-corrected chi connectivity index (χ2v) is 9.85. The first kappa shape index (κ1) is 21.1. The number of alkyl halides is 1. The van der Waals surface area contributed by atoms with Crippen molar-refractivity contribution in [1.29, 1.82) is 0 Å². The molecule has 1 saturated carbocycles. The minimum absolute atomic E-state index is 0.0492. The summed E-state index contributed by atoms with van der Waals surface area (Å²) in [4.78, 5) is 34.7. The van der Waals surface area contributed by atoms with Gasteiger partial charge >= 0.3 is 0 Å². The quantitative estimate of drug-likeness (QED) is 0.718. The molecule has 3 aliphatic rings. The number of rotatable bonds is 5. The van der Waals surface area contributed by atoms with E-state index in [1.807, 2.05) is 27.8 Å². The fourth-order valence-corrected chi connectivity index (χ4v) is 5.52. The van der Waals surface area contributed by atoms with Crippen molar-refractivity contribution in [2.24, 2.45) is 5.41 Å². The first-order chi connectivity index (χ1) is 15.3.